The van der Waals surface area contributed by atoms with Crippen molar-refractivity contribution >= 4 is 54.7 Å². The molecule has 164 valence electrons. The van der Waals surface area contributed by atoms with Gasteiger partial charge in [-0.2, -0.15) is 9.97 Å². The summed E-state index contributed by atoms with van der Waals surface area (Å²) in [6.07, 6.45) is 0. The van der Waals surface area contributed by atoms with Crippen LogP contribution in [0.3, 0.4) is 0 Å². The molecule has 0 fully saturated rings. The largest absolute Gasteiger partial charge is 0.226 e. The first-order valence-electron chi connectivity index (χ1n) is 11.5. The highest BCUT2D eigenvalue weighted by Crippen LogP contribution is 2.36. The fourth-order valence-electron chi connectivity index (χ4n) is 5.08. The molecule has 6 aromatic carbocycles. The molecule has 35 heavy (non-hydrogen) atoms. The van der Waals surface area contributed by atoms with E-state index in [0.717, 1.165) is 43.4 Å². The number of hydrogen-bond acceptors (Lipinski definition) is 3. The molecule has 1 aromatic heterocycles. The van der Waals surface area contributed by atoms with Crippen molar-refractivity contribution in [3.63, 3.8) is 0 Å². The summed E-state index contributed by atoms with van der Waals surface area (Å²) in [7, 11) is 0. The molecule has 0 saturated carbocycles. The van der Waals surface area contributed by atoms with Crippen molar-refractivity contribution in [1.82, 2.24) is 15.0 Å². The molecule has 0 radical (unpaired) electrons. The summed E-state index contributed by atoms with van der Waals surface area (Å²) in [4.78, 5) is 14.1. The van der Waals surface area contributed by atoms with Crippen molar-refractivity contribution in [2.45, 2.75) is 0 Å². The Morgan fingerprint density at radius 3 is 1.86 bits per heavy atom. The summed E-state index contributed by atoms with van der Waals surface area (Å²) < 4.78 is 0. The van der Waals surface area contributed by atoms with E-state index in [2.05, 4.69) is 101 Å². The topological polar surface area (TPSA) is 38.7 Å². The van der Waals surface area contributed by atoms with E-state index in [4.69, 9.17) is 16.6 Å². The lowest BCUT2D eigenvalue weighted by Crippen LogP contribution is -1.99. The van der Waals surface area contributed by atoms with E-state index in [1.54, 1.807) is 0 Å². The molecule has 0 N–H and O–H groups in total. The highest BCUT2D eigenvalue weighted by molar-refractivity contribution is 6.28. The predicted octanol–water partition coefficient (Wildman–Crippen LogP) is 8.47. The van der Waals surface area contributed by atoms with Gasteiger partial charge in [0.15, 0.2) is 11.6 Å². The Hall–Kier alpha value is -4.34. The molecule has 0 atom stereocenters. The Balaban J connectivity index is 1.54. The highest BCUT2D eigenvalue weighted by Gasteiger charge is 2.16. The van der Waals surface area contributed by atoms with Gasteiger partial charge in [-0.25, -0.2) is 4.98 Å². The van der Waals surface area contributed by atoms with Gasteiger partial charge in [-0.1, -0.05) is 103 Å². The first-order chi connectivity index (χ1) is 17.3. The lowest BCUT2D eigenvalue weighted by Gasteiger charge is -2.12. The van der Waals surface area contributed by atoms with Crippen LogP contribution in [0.1, 0.15) is 0 Å². The monoisotopic (exact) mass is 467 g/mol. The first-order valence-corrected chi connectivity index (χ1v) is 11.9. The SMILES string of the molecule is Clc1nc(-c2cc3ccccc3c3ccccc23)nc(-c2cccc3ccc4ccccc4c23)n1. The molecule has 0 aliphatic heterocycles. The summed E-state index contributed by atoms with van der Waals surface area (Å²) in [6.45, 7) is 0. The molecule has 0 spiro atoms. The van der Waals surface area contributed by atoms with Crippen LogP contribution in [0, 0.1) is 0 Å². The molecule has 7 rings (SSSR count). The van der Waals surface area contributed by atoms with Crippen LogP contribution in [0.5, 0.6) is 0 Å². The van der Waals surface area contributed by atoms with Gasteiger partial charge >= 0.3 is 0 Å². The van der Waals surface area contributed by atoms with E-state index in [9.17, 15) is 0 Å². The molecule has 4 heteroatoms. The number of hydrogen-bond donors (Lipinski definition) is 0. The van der Waals surface area contributed by atoms with E-state index >= 15 is 0 Å². The third-order valence-electron chi connectivity index (χ3n) is 6.63. The lowest BCUT2D eigenvalue weighted by atomic mass is 9.96. The van der Waals surface area contributed by atoms with Crippen LogP contribution < -0.4 is 0 Å². The van der Waals surface area contributed by atoms with E-state index in [0.29, 0.717) is 11.6 Å². The van der Waals surface area contributed by atoms with Gasteiger partial charge in [-0.15, -0.1) is 0 Å². The summed E-state index contributed by atoms with van der Waals surface area (Å²) in [6, 6.07) is 37.8. The second kappa shape index (κ2) is 7.86. The number of rotatable bonds is 2. The van der Waals surface area contributed by atoms with Gasteiger partial charge in [0.2, 0.25) is 5.28 Å². The summed E-state index contributed by atoms with van der Waals surface area (Å²) in [5.41, 5.74) is 1.88. The van der Waals surface area contributed by atoms with Gasteiger partial charge in [0.25, 0.3) is 0 Å². The molecule has 0 saturated heterocycles. The molecule has 0 bridgehead atoms. The van der Waals surface area contributed by atoms with E-state index in [1.165, 1.54) is 10.8 Å². The van der Waals surface area contributed by atoms with Crippen LogP contribution >= 0.6 is 11.6 Å². The van der Waals surface area contributed by atoms with Gasteiger partial charge in [-0.3, -0.25) is 0 Å². The van der Waals surface area contributed by atoms with E-state index in [1.807, 2.05) is 18.2 Å². The average Bonchev–Trinajstić information content (AvgIpc) is 2.92. The first kappa shape index (κ1) is 20.1. The van der Waals surface area contributed by atoms with Crippen LogP contribution in [0.25, 0.3) is 65.9 Å². The van der Waals surface area contributed by atoms with Crippen molar-refractivity contribution < 1.29 is 0 Å². The summed E-state index contributed by atoms with van der Waals surface area (Å²) >= 11 is 6.53. The van der Waals surface area contributed by atoms with Gasteiger partial charge < -0.3 is 0 Å². The van der Waals surface area contributed by atoms with Crippen LogP contribution in [0.15, 0.2) is 109 Å². The van der Waals surface area contributed by atoms with Crippen molar-refractivity contribution in [2.24, 2.45) is 0 Å². The molecule has 3 nitrogen and oxygen atoms in total. The van der Waals surface area contributed by atoms with Crippen LogP contribution in [0.4, 0.5) is 0 Å². The zero-order valence-electron chi connectivity index (χ0n) is 18.6. The minimum Gasteiger partial charge on any atom is -0.208 e. The molecule has 7 aromatic rings. The van der Waals surface area contributed by atoms with Gasteiger partial charge in [-0.05, 0) is 55.4 Å². The second-order valence-corrected chi connectivity index (χ2v) is 8.97. The molecule has 0 amide bonds. The smallest absolute Gasteiger partial charge is 0.208 e. The lowest BCUT2D eigenvalue weighted by molar-refractivity contribution is 1.07. The van der Waals surface area contributed by atoms with Crippen LogP contribution in [0.2, 0.25) is 5.28 Å². The van der Waals surface area contributed by atoms with Crippen molar-refractivity contribution in [3.05, 3.63) is 114 Å². The normalized spacial score (nSPS) is 11.6. The summed E-state index contributed by atoms with van der Waals surface area (Å²) in [5.74, 6) is 1.14. The molecule has 0 unspecified atom stereocenters. The van der Waals surface area contributed by atoms with Crippen molar-refractivity contribution in [3.8, 4) is 22.8 Å². The zero-order chi connectivity index (χ0) is 23.4. The summed E-state index contributed by atoms with van der Waals surface area (Å²) in [5, 5.41) is 9.35. The highest BCUT2D eigenvalue weighted by atomic mass is 35.5. The van der Waals surface area contributed by atoms with Crippen molar-refractivity contribution in [1.29, 1.82) is 0 Å². The number of fused-ring (bicyclic) bond motifs is 6. The van der Waals surface area contributed by atoms with E-state index in [-0.39, 0.29) is 5.28 Å². The number of aromatic nitrogens is 3. The standard InChI is InChI=1S/C31H18ClN3/c32-31-34-29(26-15-7-10-20-17-16-19-8-1-4-12-23(19)28(20)26)33-30(35-31)27-18-21-9-2-3-11-22(21)24-13-5-6-14-25(24)27/h1-18H. The maximum Gasteiger partial charge on any atom is 0.226 e. The van der Waals surface area contributed by atoms with E-state index < -0.39 is 0 Å². The third-order valence-corrected chi connectivity index (χ3v) is 6.80. The van der Waals surface area contributed by atoms with Gasteiger partial charge in [0, 0.05) is 16.5 Å². The Bertz CT molecular complexity index is 1900. The van der Waals surface area contributed by atoms with Gasteiger partial charge in [0.05, 0.1) is 0 Å². The molecular weight excluding hydrogens is 450 g/mol. The van der Waals surface area contributed by atoms with Gasteiger partial charge in [0.1, 0.15) is 0 Å². The molecule has 0 aliphatic rings. The average molecular weight is 468 g/mol. The minimum atomic E-state index is 0.180. The molecule has 0 aliphatic carbocycles. The zero-order valence-corrected chi connectivity index (χ0v) is 19.4. The third kappa shape index (κ3) is 3.24. The molecule has 1 heterocycles. The number of nitrogens with zero attached hydrogens (tertiary/aromatic N) is 3. The Morgan fingerprint density at radius 1 is 0.429 bits per heavy atom. The van der Waals surface area contributed by atoms with Crippen LogP contribution in [-0.2, 0) is 0 Å². The minimum absolute atomic E-state index is 0.180. The predicted molar refractivity (Wildman–Crippen MR) is 146 cm³/mol. The Labute approximate surface area is 206 Å². The maximum absolute atomic E-state index is 6.53. The quantitative estimate of drug-likeness (QED) is 0.239. The maximum atomic E-state index is 6.53. The fourth-order valence-corrected chi connectivity index (χ4v) is 5.24. The van der Waals surface area contributed by atoms with Crippen molar-refractivity contribution in [2.75, 3.05) is 0 Å². The van der Waals surface area contributed by atoms with Crippen LogP contribution in [-0.4, -0.2) is 15.0 Å². The molecular formula is C31H18ClN3. The fraction of sp³-hybridized carbons (Fsp3) is 0. The number of halogens is 1. The second-order valence-electron chi connectivity index (χ2n) is 8.63. The Morgan fingerprint density at radius 2 is 1.03 bits per heavy atom. The Kier molecular flexibility index (Phi) is 4.51. The number of benzene rings is 6.